The maximum absolute atomic E-state index is 13.6. The van der Waals surface area contributed by atoms with Gasteiger partial charge >= 0.3 is 0 Å². The van der Waals surface area contributed by atoms with Crippen LogP contribution in [0.4, 0.5) is 10.1 Å². The molecule has 2 aromatic rings. The second kappa shape index (κ2) is 8.92. The molecule has 0 bridgehead atoms. The number of nitrogens with one attached hydrogen (secondary N) is 1. The van der Waals surface area contributed by atoms with Gasteiger partial charge in [0, 0.05) is 18.7 Å². The zero-order chi connectivity index (χ0) is 21.0. The summed E-state index contributed by atoms with van der Waals surface area (Å²) in [6.07, 6.45) is 3.70. The summed E-state index contributed by atoms with van der Waals surface area (Å²) in [6, 6.07) is 8.32. The molecular formula is C21H25FN2O4S. The number of sulfonamides is 1. The molecule has 3 rings (SSSR count). The molecule has 1 amide bonds. The summed E-state index contributed by atoms with van der Waals surface area (Å²) in [5.41, 5.74) is 1.00. The Kier molecular flexibility index (Phi) is 6.54. The number of carbonyl (C=O) groups is 1. The number of aryl methyl sites for hydroxylation is 1. The molecule has 6 nitrogen and oxygen atoms in total. The predicted octanol–water partition coefficient (Wildman–Crippen LogP) is 3.96. The zero-order valence-electron chi connectivity index (χ0n) is 16.6. The minimum Gasteiger partial charge on any atom is -0.495 e. The monoisotopic (exact) mass is 420 g/mol. The minimum absolute atomic E-state index is 0.0893. The van der Waals surface area contributed by atoms with Crippen molar-refractivity contribution in [1.82, 2.24) is 4.31 Å². The van der Waals surface area contributed by atoms with Crippen LogP contribution in [0.3, 0.4) is 0 Å². The number of benzene rings is 2. The second-order valence-corrected chi connectivity index (χ2v) is 9.03. The summed E-state index contributed by atoms with van der Waals surface area (Å²) in [5.74, 6) is -0.739. The fraction of sp³-hybridized carbons (Fsp3) is 0.381. The number of hydrogen-bond acceptors (Lipinski definition) is 4. The predicted molar refractivity (Wildman–Crippen MR) is 109 cm³/mol. The van der Waals surface area contributed by atoms with Crippen molar-refractivity contribution >= 4 is 21.6 Å². The Morgan fingerprint density at radius 3 is 2.41 bits per heavy atom. The third-order valence-corrected chi connectivity index (χ3v) is 6.96. The Hall–Kier alpha value is -2.45. The molecule has 1 N–H and O–H groups in total. The maximum atomic E-state index is 13.6. The molecule has 0 radical (unpaired) electrons. The van der Waals surface area contributed by atoms with E-state index in [1.54, 1.807) is 6.92 Å². The van der Waals surface area contributed by atoms with E-state index in [1.807, 2.05) is 0 Å². The molecule has 8 heteroatoms. The van der Waals surface area contributed by atoms with Crippen LogP contribution in [0.1, 0.15) is 41.6 Å². The van der Waals surface area contributed by atoms with Crippen molar-refractivity contribution in [3.05, 3.63) is 53.3 Å². The van der Waals surface area contributed by atoms with Crippen molar-refractivity contribution in [3.63, 3.8) is 0 Å². The Balaban J connectivity index is 1.92. The number of ether oxygens (including phenoxy) is 1. The molecule has 0 aromatic heterocycles. The minimum atomic E-state index is -3.68. The summed E-state index contributed by atoms with van der Waals surface area (Å²) >= 11 is 0. The standard InChI is InChI=1S/C21H25FN2O4S/c1-15-7-8-16(22)13-18(15)21(25)23-19-14-17(9-10-20(19)28-2)29(26,27)24-11-5-3-4-6-12-24/h7-10,13-14H,3-6,11-12H2,1-2H3,(H,23,25). The van der Waals surface area contributed by atoms with Gasteiger partial charge in [-0.25, -0.2) is 12.8 Å². The fourth-order valence-electron chi connectivity index (χ4n) is 3.40. The first kappa shape index (κ1) is 21.3. The summed E-state index contributed by atoms with van der Waals surface area (Å²) < 4.78 is 46.5. The number of amides is 1. The number of rotatable bonds is 5. The van der Waals surface area contributed by atoms with Crippen LogP contribution in [0, 0.1) is 12.7 Å². The first-order valence-electron chi connectivity index (χ1n) is 9.58. The second-order valence-electron chi connectivity index (χ2n) is 7.09. The molecule has 1 aliphatic rings. The topological polar surface area (TPSA) is 75.7 Å². The van der Waals surface area contributed by atoms with Gasteiger partial charge in [-0.15, -0.1) is 0 Å². The molecular weight excluding hydrogens is 395 g/mol. The highest BCUT2D eigenvalue weighted by molar-refractivity contribution is 7.89. The van der Waals surface area contributed by atoms with Crippen molar-refractivity contribution in [2.24, 2.45) is 0 Å². The molecule has 0 saturated carbocycles. The van der Waals surface area contributed by atoms with Gasteiger partial charge in [0.1, 0.15) is 11.6 Å². The van der Waals surface area contributed by atoms with E-state index in [9.17, 15) is 17.6 Å². The summed E-state index contributed by atoms with van der Waals surface area (Å²) in [6.45, 7) is 2.67. The number of methoxy groups -OCH3 is 1. The SMILES string of the molecule is COc1ccc(S(=O)(=O)N2CCCCCC2)cc1NC(=O)c1cc(F)ccc1C. The average molecular weight is 421 g/mol. The Morgan fingerprint density at radius 1 is 1.07 bits per heavy atom. The van der Waals surface area contributed by atoms with E-state index >= 15 is 0 Å². The molecule has 0 unspecified atom stereocenters. The largest absolute Gasteiger partial charge is 0.495 e. The molecule has 1 heterocycles. The van der Waals surface area contributed by atoms with E-state index in [4.69, 9.17) is 4.74 Å². The van der Waals surface area contributed by atoms with Gasteiger partial charge in [-0.05, 0) is 55.7 Å². The summed E-state index contributed by atoms with van der Waals surface area (Å²) in [5, 5.41) is 2.66. The van der Waals surface area contributed by atoms with Crippen LogP contribution in [-0.2, 0) is 10.0 Å². The average Bonchev–Trinajstić information content (AvgIpc) is 2.99. The molecule has 29 heavy (non-hydrogen) atoms. The van der Waals surface area contributed by atoms with E-state index in [-0.39, 0.29) is 16.1 Å². The van der Waals surface area contributed by atoms with Crippen LogP contribution in [-0.4, -0.2) is 38.8 Å². The Labute approximate surface area is 170 Å². The Morgan fingerprint density at radius 2 is 1.76 bits per heavy atom. The van der Waals surface area contributed by atoms with Gasteiger partial charge < -0.3 is 10.1 Å². The lowest BCUT2D eigenvalue weighted by molar-refractivity contribution is 0.102. The molecule has 0 atom stereocenters. The number of nitrogens with zero attached hydrogens (tertiary/aromatic N) is 1. The summed E-state index contributed by atoms with van der Waals surface area (Å²) in [4.78, 5) is 12.8. The van der Waals surface area contributed by atoms with Gasteiger partial charge in [0.15, 0.2) is 0 Å². The van der Waals surface area contributed by atoms with Crippen LogP contribution < -0.4 is 10.1 Å². The van der Waals surface area contributed by atoms with Crippen LogP contribution in [0.15, 0.2) is 41.3 Å². The van der Waals surface area contributed by atoms with Gasteiger partial charge in [-0.3, -0.25) is 4.79 Å². The normalized spacial score (nSPS) is 15.6. The van der Waals surface area contributed by atoms with Crippen molar-refractivity contribution in [3.8, 4) is 5.75 Å². The van der Waals surface area contributed by atoms with Gasteiger partial charge in [0.05, 0.1) is 17.7 Å². The molecule has 1 saturated heterocycles. The van der Waals surface area contributed by atoms with Gasteiger partial charge in [-0.2, -0.15) is 4.31 Å². The summed E-state index contributed by atoms with van der Waals surface area (Å²) in [7, 11) is -2.25. The lowest BCUT2D eigenvalue weighted by Crippen LogP contribution is -2.32. The number of halogens is 1. The van der Waals surface area contributed by atoms with E-state index in [0.29, 0.717) is 24.4 Å². The molecule has 1 aliphatic heterocycles. The quantitative estimate of drug-likeness (QED) is 0.794. The van der Waals surface area contributed by atoms with Crippen LogP contribution in [0.25, 0.3) is 0 Å². The van der Waals surface area contributed by atoms with E-state index in [2.05, 4.69) is 5.32 Å². The van der Waals surface area contributed by atoms with Crippen LogP contribution in [0.5, 0.6) is 5.75 Å². The number of anilines is 1. The van der Waals surface area contributed by atoms with Crippen molar-refractivity contribution < 1.29 is 22.3 Å². The first-order chi connectivity index (χ1) is 13.8. The highest BCUT2D eigenvalue weighted by Crippen LogP contribution is 2.30. The van der Waals surface area contributed by atoms with Gasteiger partial charge in [0.2, 0.25) is 10.0 Å². The zero-order valence-corrected chi connectivity index (χ0v) is 17.4. The smallest absolute Gasteiger partial charge is 0.256 e. The lowest BCUT2D eigenvalue weighted by atomic mass is 10.1. The highest BCUT2D eigenvalue weighted by Gasteiger charge is 2.26. The lowest BCUT2D eigenvalue weighted by Gasteiger charge is -2.21. The third-order valence-electron chi connectivity index (χ3n) is 5.07. The third kappa shape index (κ3) is 4.76. The molecule has 156 valence electrons. The van der Waals surface area contributed by atoms with E-state index in [1.165, 1.54) is 41.7 Å². The van der Waals surface area contributed by atoms with Crippen LogP contribution in [0.2, 0.25) is 0 Å². The maximum Gasteiger partial charge on any atom is 0.256 e. The van der Waals surface area contributed by atoms with E-state index in [0.717, 1.165) is 31.7 Å². The van der Waals surface area contributed by atoms with Gasteiger partial charge in [-0.1, -0.05) is 18.9 Å². The van der Waals surface area contributed by atoms with Crippen molar-refractivity contribution in [1.29, 1.82) is 0 Å². The molecule has 1 fully saturated rings. The van der Waals surface area contributed by atoms with Crippen molar-refractivity contribution in [2.75, 3.05) is 25.5 Å². The molecule has 2 aromatic carbocycles. The van der Waals surface area contributed by atoms with Crippen LogP contribution >= 0.6 is 0 Å². The van der Waals surface area contributed by atoms with Crippen molar-refractivity contribution in [2.45, 2.75) is 37.5 Å². The highest BCUT2D eigenvalue weighted by atomic mass is 32.2. The Bertz CT molecular complexity index is 1000. The fourth-order valence-corrected chi connectivity index (χ4v) is 4.95. The number of hydrogen-bond donors (Lipinski definition) is 1. The van der Waals surface area contributed by atoms with Gasteiger partial charge in [0.25, 0.3) is 5.91 Å². The first-order valence-corrected chi connectivity index (χ1v) is 11.0. The molecule has 0 spiro atoms. The van der Waals surface area contributed by atoms with E-state index < -0.39 is 21.7 Å². The number of carbonyl (C=O) groups excluding carboxylic acids is 1. The molecule has 0 aliphatic carbocycles.